The molecule has 6 nitrogen and oxygen atoms in total. The van der Waals surface area contributed by atoms with Crippen molar-refractivity contribution in [3.8, 4) is 0 Å². The number of amides is 2. The van der Waals surface area contributed by atoms with Crippen LogP contribution in [0.4, 0.5) is 17.1 Å². The standard InChI is InChI=1S/C15H20N2O2.C11H12BrNO/c1-10-12(17-6-8-19-9-7-17)5-4-11-13(10)16-14(18)15(11,2)3;1-6-8(12)5-4-7-9(6)13-10(14)11(7,2)3/h4-5H,6-9H2,1-3H3,(H,16,18);4-5H,1-3H3,(H,13,14). The number of rotatable bonds is 1. The van der Waals surface area contributed by atoms with Crippen molar-refractivity contribution in [1.29, 1.82) is 0 Å². The van der Waals surface area contributed by atoms with E-state index in [1.807, 2.05) is 46.8 Å². The summed E-state index contributed by atoms with van der Waals surface area (Å²) in [5.41, 5.74) is 6.80. The molecule has 3 aliphatic heterocycles. The van der Waals surface area contributed by atoms with Crippen molar-refractivity contribution in [2.75, 3.05) is 41.8 Å². The maximum Gasteiger partial charge on any atom is 0.234 e. The zero-order valence-corrected chi connectivity index (χ0v) is 21.8. The van der Waals surface area contributed by atoms with Crippen LogP contribution in [0, 0.1) is 13.8 Å². The lowest BCUT2D eigenvalue weighted by Crippen LogP contribution is -2.36. The normalized spacial score (nSPS) is 19.8. The Morgan fingerprint density at radius 3 is 1.85 bits per heavy atom. The Balaban J connectivity index is 0.000000165. The Hall–Kier alpha value is -2.38. The highest BCUT2D eigenvalue weighted by atomic mass is 79.9. The highest BCUT2D eigenvalue weighted by Crippen LogP contribution is 2.43. The molecular formula is C26H32BrN3O3. The third kappa shape index (κ3) is 3.95. The third-order valence-electron chi connectivity index (χ3n) is 7.15. The first-order chi connectivity index (χ1) is 15.5. The number of hydrogen-bond acceptors (Lipinski definition) is 4. The van der Waals surface area contributed by atoms with Crippen LogP contribution in [-0.2, 0) is 25.2 Å². The fourth-order valence-electron chi connectivity index (χ4n) is 4.68. The number of nitrogens with zero attached hydrogens (tertiary/aromatic N) is 1. The first kappa shape index (κ1) is 23.8. The first-order valence-corrected chi connectivity index (χ1v) is 12.1. The summed E-state index contributed by atoms with van der Waals surface area (Å²) in [5.74, 6) is 0.165. The molecule has 1 fully saturated rings. The molecular weight excluding hydrogens is 482 g/mol. The second kappa shape index (κ2) is 8.44. The topological polar surface area (TPSA) is 70.7 Å². The van der Waals surface area contributed by atoms with E-state index in [9.17, 15) is 9.59 Å². The number of hydrogen-bond donors (Lipinski definition) is 2. The zero-order chi connectivity index (χ0) is 24.1. The van der Waals surface area contributed by atoms with E-state index in [0.29, 0.717) is 0 Å². The lowest BCUT2D eigenvalue weighted by molar-refractivity contribution is -0.120. The minimum Gasteiger partial charge on any atom is -0.378 e. The molecule has 0 atom stereocenters. The summed E-state index contributed by atoms with van der Waals surface area (Å²) in [6.45, 7) is 15.3. The van der Waals surface area contributed by atoms with Crippen molar-refractivity contribution >= 4 is 44.8 Å². The minimum atomic E-state index is -0.427. The smallest absolute Gasteiger partial charge is 0.234 e. The van der Waals surface area contributed by atoms with Crippen molar-refractivity contribution in [2.24, 2.45) is 0 Å². The van der Waals surface area contributed by atoms with E-state index in [2.05, 4.69) is 50.5 Å². The number of carbonyl (C=O) groups excluding carboxylic acids is 2. The maximum absolute atomic E-state index is 12.0. The van der Waals surface area contributed by atoms with Crippen LogP contribution < -0.4 is 15.5 Å². The van der Waals surface area contributed by atoms with Gasteiger partial charge in [0, 0.05) is 28.9 Å². The number of halogens is 1. The molecule has 1 saturated heterocycles. The maximum atomic E-state index is 12.0. The molecule has 2 N–H and O–H groups in total. The Morgan fingerprint density at radius 1 is 0.818 bits per heavy atom. The van der Waals surface area contributed by atoms with E-state index in [-0.39, 0.29) is 11.8 Å². The molecule has 176 valence electrons. The second-order valence-corrected chi connectivity index (χ2v) is 10.8. The van der Waals surface area contributed by atoms with E-state index in [1.165, 1.54) is 11.3 Å². The number of ether oxygens (including phenoxy) is 1. The molecule has 0 spiro atoms. The number of fused-ring (bicyclic) bond motifs is 2. The van der Waals surface area contributed by atoms with Gasteiger partial charge in [0.15, 0.2) is 0 Å². The molecule has 0 saturated carbocycles. The molecule has 3 aliphatic rings. The number of anilines is 3. The van der Waals surface area contributed by atoms with E-state index < -0.39 is 10.8 Å². The van der Waals surface area contributed by atoms with Crippen LogP contribution in [0.3, 0.4) is 0 Å². The summed E-state index contributed by atoms with van der Waals surface area (Å²) < 4.78 is 6.43. The molecule has 5 rings (SSSR count). The quantitative estimate of drug-likeness (QED) is 0.559. The largest absolute Gasteiger partial charge is 0.378 e. The number of carbonyl (C=O) groups is 2. The molecule has 2 amide bonds. The summed E-state index contributed by atoms with van der Waals surface area (Å²) in [6, 6.07) is 8.23. The summed E-state index contributed by atoms with van der Waals surface area (Å²) >= 11 is 3.45. The fourth-order valence-corrected chi connectivity index (χ4v) is 5.01. The van der Waals surface area contributed by atoms with Gasteiger partial charge in [-0.3, -0.25) is 9.59 Å². The Kier molecular flexibility index (Phi) is 6.08. The SMILES string of the molecule is Cc1c(Br)ccc2c1NC(=O)C2(C)C.Cc1c(N2CCOCC2)ccc2c1NC(=O)C2(C)C. The van der Waals surface area contributed by atoms with Gasteiger partial charge >= 0.3 is 0 Å². The van der Waals surface area contributed by atoms with Crippen LogP contribution in [0.15, 0.2) is 28.7 Å². The molecule has 2 aromatic carbocycles. The summed E-state index contributed by atoms with van der Waals surface area (Å²) in [4.78, 5) is 26.1. The predicted molar refractivity (Wildman–Crippen MR) is 136 cm³/mol. The molecule has 33 heavy (non-hydrogen) atoms. The van der Waals surface area contributed by atoms with Crippen LogP contribution in [0.25, 0.3) is 0 Å². The Morgan fingerprint density at radius 2 is 1.30 bits per heavy atom. The van der Waals surface area contributed by atoms with E-state index >= 15 is 0 Å². The van der Waals surface area contributed by atoms with Crippen LogP contribution in [0.2, 0.25) is 0 Å². The second-order valence-electron chi connectivity index (χ2n) is 9.98. The first-order valence-electron chi connectivity index (χ1n) is 11.4. The summed E-state index contributed by atoms with van der Waals surface area (Å²) in [6.07, 6.45) is 0. The van der Waals surface area contributed by atoms with Gasteiger partial charge in [-0.1, -0.05) is 28.1 Å². The highest BCUT2D eigenvalue weighted by Gasteiger charge is 2.40. The van der Waals surface area contributed by atoms with Crippen molar-refractivity contribution in [1.82, 2.24) is 0 Å². The van der Waals surface area contributed by atoms with E-state index in [4.69, 9.17) is 4.74 Å². The van der Waals surface area contributed by atoms with E-state index in [0.717, 1.165) is 58.8 Å². The average molecular weight is 514 g/mol. The van der Waals surface area contributed by atoms with Crippen molar-refractivity contribution in [3.63, 3.8) is 0 Å². The van der Waals surface area contributed by atoms with E-state index in [1.54, 1.807) is 0 Å². The summed E-state index contributed by atoms with van der Waals surface area (Å²) in [5, 5.41) is 5.97. The van der Waals surface area contributed by atoms with Crippen molar-refractivity contribution in [3.05, 3.63) is 51.0 Å². The molecule has 7 heteroatoms. The molecule has 0 aromatic heterocycles. The third-order valence-corrected chi connectivity index (χ3v) is 8.01. The van der Waals surface area contributed by atoms with Gasteiger partial charge in [-0.15, -0.1) is 0 Å². The monoisotopic (exact) mass is 513 g/mol. The molecule has 0 aliphatic carbocycles. The van der Waals surface area contributed by atoms with Crippen LogP contribution in [-0.4, -0.2) is 38.1 Å². The number of nitrogens with one attached hydrogen (secondary N) is 2. The van der Waals surface area contributed by atoms with Crippen LogP contribution in [0.1, 0.15) is 49.9 Å². The van der Waals surface area contributed by atoms with Gasteiger partial charge in [0.05, 0.1) is 29.7 Å². The Bertz CT molecular complexity index is 1130. The number of morpholine rings is 1. The zero-order valence-electron chi connectivity index (χ0n) is 20.2. The van der Waals surface area contributed by atoms with Crippen molar-refractivity contribution in [2.45, 2.75) is 52.4 Å². The molecule has 3 heterocycles. The predicted octanol–water partition coefficient (Wildman–Crippen LogP) is 5.05. The van der Waals surface area contributed by atoms with Gasteiger partial charge in [0.25, 0.3) is 0 Å². The van der Waals surface area contributed by atoms with Gasteiger partial charge in [-0.2, -0.15) is 0 Å². The average Bonchev–Trinajstić information content (AvgIpc) is 3.16. The van der Waals surface area contributed by atoms with Gasteiger partial charge in [-0.05, 0) is 75.9 Å². The van der Waals surface area contributed by atoms with Gasteiger partial charge in [0.2, 0.25) is 11.8 Å². The minimum absolute atomic E-state index is 0.0775. The molecule has 2 aromatic rings. The van der Waals surface area contributed by atoms with Gasteiger partial charge in [-0.25, -0.2) is 0 Å². The molecule has 0 bridgehead atoms. The van der Waals surface area contributed by atoms with Crippen molar-refractivity contribution < 1.29 is 14.3 Å². The fraction of sp³-hybridized carbons (Fsp3) is 0.462. The Labute approximate surface area is 204 Å². The van der Waals surface area contributed by atoms with Crippen LogP contribution in [0.5, 0.6) is 0 Å². The van der Waals surface area contributed by atoms with Crippen LogP contribution >= 0.6 is 15.9 Å². The molecule has 0 radical (unpaired) electrons. The van der Waals surface area contributed by atoms with Gasteiger partial charge in [0.1, 0.15) is 0 Å². The van der Waals surface area contributed by atoms with Gasteiger partial charge < -0.3 is 20.3 Å². The highest BCUT2D eigenvalue weighted by molar-refractivity contribution is 9.10. The lowest BCUT2D eigenvalue weighted by Gasteiger charge is -2.31. The summed E-state index contributed by atoms with van der Waals surface area (Å²) in [7, 11) is 0. The lowest BCUT2D eigenvalue weighted by atomic mass is 9.85. The number of benzene rings is 2. The molecule has 0 unspecified atom stereocenters.